The maximum absolute atomic E-state index is 14.6. The van der Waals surface area contributed by atoms with Crippen LogP contribution < -0.4 is 0 Å². The summed E-state index contributed by atoms with van der Waals surface area (Å²) in [5, 5.41) is 0. The summed E-state index contributed by atoms with van der Waals surface area (Å²) in [7, 11) is 0. The van der Waals surface area contributed by atoms with Crippen molar-refractivity contribution in [2.24, 2.45) is 0 Å². The minimum absolute atomic E-state index is 0.000142. The molecule has 0 bridgehead atoms. The fourth-order valence-electron chi connectivity index (χ4n) is 9.44. The predicted molar refractivity (Wildman–Crippen MR) is 285 cm³/mol. The Bertz CT molecular complexity index is 3090. The normalized spacial score (nSPS) is 27.2. The Kier molecular flexibility index (Phi) is 20.7. The van der Waals surface area contributed by atoms with E-state index in [-0.39, 0.29) is 27.8 Å². The van der Waals surface area contributed by atoms with E-state index in [0.29, 0.717) is 0 Å². The Labute approximate surface area is 481 Å². The van der Waals surface area contributed by atoms with E-state index in [1.807, 2.05) is 0 Å². The first-order valence-electron chi connectivity index (χ1n) is 26.6. The van der Waals surface area contributed by atoms with Crippen LogP contribution in [0.4, 0.5) is 0 Å². The van der Waals surface area contributed by atoms with Crippen molar-refractivity contribution < 1.29 is 109 Å². The van der Waals surface area contributed by atoms with Gasteiger partial charge in [-0.3, -0.25) is 19.2 Å². The average molecular weight is 1160 g/mol. The lowest BCUT2D eigenvalue weighted by Crippen LogP contribution is -2.68. The fourth-order valence-corrected chi connectivity index (χ4v) is 9.44. The summed E-state index contributed by atoms with van der Waals surface area (Å²) in [6, 6.07) is 38.5. The van der Waals surface area contributed by atoms with Crippen molar-refractivity contribution in [2.45, 2.75) is 134 Å². The Morgan fingerprint density at radius 3 is 0.964 bits per heavy atom. The second-order valence-electron chi connectivity index (χ2n) is 19.4. The van der Waals surface area contributed by atoms with Crippen LogP contribution in [0.15, 0.2) is 152 Å². The van der Waals surface area contributed by atoms with Crippen LogP contribution in [0.25, 0.3) is 0 Å². The van der Waals surface area contributed by atoms with Crippen molar-refractivity contribution in [3.8, 4) is 0 Å². The Morgan fingerprint density at radius 1 is 0.310 bits per heavy atom. The highest BCUT2D eigenvalue weighted by atomic mass is 16.8. The first kappa shape index (κ1) is 61.2. The second kappa shape index (κ2) is 28.4. The number of carbonyl (C=O) groups excluding carboxylic acids is 9. The maximum atomic E-state index is 14.6. The molecule has 0 aromatic heterocycles. The van der Waals surface area contributed by atoms with Gasteiger partial charge >= 0.3 is 53.7 Å². The second-order valence-corrected chi connectivity index (χ2v) is 19.4. The van der Waals surface area contributed by atoms with Gasteiger partial charge in [-0.2, -0.15) is 0 Å². The molecule has 3 saturated heterocycles. The molecule has 3 aliphatic rings. The molecule has 23 heteroatoms. The van der Waals surface area contributed by atoms with Crippen molar-refractivity contribution in [3.05, 3.63) is 179 Å². The van der Waals surface area contributed by atoms with Gasteiger partial charge in [-0.1, -0.05) is 91.0 Å². The van der Waals surface area contributed by atoms with Crippen LogP contribution in [-0.4, -0.2) is 152 Å². The summed E-state index contributed by atoms with van der Waals surface area (Å²) in [4.78, 5) is 123. The summed E-state index contributed by atoms with van der Waals surface area (Å²) in [6.45, 7) is 6.41. The molecule has 5 aromatic carbocycles. The van der Waals surface area contributed by atoms with Crippen molar-refractivity contribution in [1.29, 1.82) is 0 Å². The third-order valence-electron chi connectivity index (χ3n) is 13.2. The molecular weight excluding hydrogens is 1100 g/mol. The molecule has 0 spiro atoms. The van der Waals surface area contributed by atoms with Gasteiger partial charge in [0.25, 0.3) is 0 Å². The molecule has 3 fully saturated rings. The fraction of sp³-hybridized carbons (Fsp3) is 0.361. The van der Waals surface area contributed by atoms with Crippen LogP contribution >= 0.6 is 0 Å². The van der Waals surface area contributed by atoms with Crippen LogP contribution in [0.2, 0.25) is 0 Å². The third-order valence-corrected chi connectivity index (χ3v) is 13.2. The number of hydrogen-bond acceptors (Lipinski definition) is 23. The zero-order valence-electron chi connectivity index (χ0n) is 46.2. The van der Waals surface area contributed by atoms with E-state index < -0.39 is 152 Å². The number of ether oxygens (including phenoxy) is 14. The van der Waals surface area contributed by atoms with E-state index in [1.54, 1.807) is 78.9 Å². The average Bonchev–Trinajstić information content (AvgIpc) is 2.55. The molecule has 442 valence electrons. The molecule has 0 amide bonds. The molecule has 8 rings (SSSR count). The Hall–Kier alpha value is -8.87. The minimum atomic E-state index is -2.02. The number of benzene rings is 5. The highest BCUT2D eigenvalue weighted by Crippen LogP contribution is 2.39. The Morgan fingerprint density at radius 2 is 0.607 bits per heavy atom. The van der Waals surface area contributed by atoms with Crippen molar-refractivity contribution in [3.63, 3.8) is 0 Å². The molecule has 0 N–H and O–H groups in total. The van der Waals surface area contributed by atoms with E-state index in [4.69, 9.17) is 66.3 Å². The van der Waals surface area contributed by atoms with E-state index in [2.05, 4.69) is 0 Å². The van der Waals surface area contributed by atoms with Gasteiger partial charge in [0.1, 0.15) is 18.8 Å². The molecule has 0 radical (unpaired) electrons. The SMILES string of the molecule is CC(=O)OC[C@H]1O[C@H](OC(C)=O)[C@H](O[C@@H]2O[C@@H](C)[C@H](OC(=O)c3ccccc3)[C@@H](O[C@@H]3O[C@@H](C)[C@H](OC(=O)c4ccccc4)[C@@H](OC(=O)c4ccccc4)[C@H]3OC(=O)c3ccccc3)[C@H]2OC(=O)c2ccccc2)[C@@H](OC(C)=O)[C@H]1OC(C)=O. The molecular formula is C61H60O23. The highest BCUT2D eigenvalue weighted by Gasteiger charge is 2.60. The third kappa shape index (κ3) is 15.6. The van der Waals surface area contributed by atoms with Crippen molar-refractivity contribution >= 4 is 53.7 Å². The van der Waals surface area contributed by atoms with Crippen molar-refractivity contribution in [2.75, 3.05) is 6.61 Å². The van der Waals surface area contributed by atoms with Crippen LogP contribution in [0.3, 0.4) is 0 Å². The lowest BCUT2D eigenvalue weighted by atomic mass is 9.95. The molecule has 0 aliphatic carbocycles. The summed E-state index contributed by atoms with van der Waals surface area (Å²) in [5.74, 6) is -8.53. The topological polar surface area (TPSA) is 283 Å². The van der Waals surface area contributed by atoms with Crippen molar-refractivity contribution in [1.82, 2.24) is 0 Å². The number of hydrogen-bond donors (Lipinski definition) is 0. The van der Waals surface area contributed by atoms with Gasteiger partial charge in [0.05, 0.1) is 40.0 Å². The number of carbonyl (C=O) groups is 9. The molecule has 15 atom stereocenters. The van der Waals surface area contributed by atoms with Gasteiger partial charge < -0.3 is 66.3 Å². The molecule has 0 saturated carbocycles. The minimum Gasteiger partial charge on any atom is -0.463 e. The molecule has 5 aromatic rings. The van der Waals surface area contributed by atoms with Crippen LogP contribution in [0.5, 0.6) is 0 Å². The first-order valence-corrected chi connectivity index (χ1v) is 26.6. The van der Waals surface area contributed by atoms with Gasteiger partial charge in [0.2, 0.25) is 6.29 Å². The van der Waals surface area contributed by atoms with E-state index in [0.717, 1.165) is 27.7 Å². The largest absolute Gasteiger partial charge is 0.463 e. The van der Waals surface area contributed by atoms with Gasteiger partial charge in [-0.15, -0.1) is 0 Å². The standard InChI is InChI=1S/C61H60O23/c1-33-45(78-54(66)39-22-12-7-13-23-39)48(80-56(68)41-26-16-9-17-27-41)51(81-57(69)42-28-18-10-19-29-42)59(72-33)83-49-46(79-55(67)40-24-14-8-15-25-40)34(2)73-60(52(49)82-58(70)43-30-20-11-21-31-43)84-53-50(75-37(5)64)47(74-36(4)63)44(32-71-35(3)62)77-61(53)76-38(6)65/h7-31,33-34,44-53,59-61H,32H2,1-6H3/t33-,34-,44+,45-,46-,47-,48+,49+,50-,51+,52+,53+,59-,60-,61-/m0/s1. The number of esters is 9. The van der Waals surface area contributed by atoms with Gasteiger partial charge in [-0.25, -0.2) is 24.0 Å². The molecule has 3 aliphatic heterocycles. The van der Waals surface area contributed by atoms with E-state index in [9.17, 15) is 43.2 Å². The summed E-state index contributed by atoms with van der Waals surface area (Å²) in [6.07, 6.45) is -26.4. The van der Waals surface area contributed by atoms with Gasteiger partial charge in [-0.05, 0) is 74.5 Å². The first-order chi connectivity index (χ1) is 40.3. The van der Waals surface area contributed by atoms with Gasteiger partial charge in [0, 0.05) is 27.7 Å². The quantitative estimate of drug-likeness (QED) is 0.0668. The molecule has 3 heterocycles. The summed E-state index contributed by atoms with van der Waals surface area (Å²) < 4.78 is 86.2. The lowest BCUT2D eigenvalue weighted by Gasteiger charge is -2.50. The van der Waals surface area contributed by atoms with Crippen LogP contribution in [0, 0.1) is 0 Å². The van der Waals surface area contributed by atoms with E-state index >= 15 is 0 Å². The number of rotatable bonds is 19. The predicted octanol–water partition coefficient (Wildman–Crippen LogP) is 6.09. The monoisotopic (exact) mass is 1160 g/mol. The smallest absolute Gasteiger partial charge is 0.338 e. The van der Waals surface area contributed by atoms with Gasteiger partial charge in [0.15, 0.2) is 61.4 Å². The summed E-state index contributed by atoms with van der Waals surface area (Å²) in [5.41, 5.74) is 0.130. The summed E-state index contributed by atoms with van der Waals surface area (Å²) >= 11 is 0. The molecule has 0 unspecified atom stereocenters. The van der Waals surface area contributed by atoms with Crippen LogP contribution in [0.1, 0.15) is 93.3 Å². The maximum Gasteiger partial charge on any atom is 0.338 e. The van der Waals surface area contributed by atoms with E-state index in [1.165, 1.54) is 86.6 Å². The zero-order chi connectivity index (χ0) is 60.0. The Balaban J connectivity index is 1.29. The lowest BCUT2D eigenvalue weighted by molar-refractivity contribution is -0.377. The van der Waals surface area contributed by atoms with Crippen LogP contribution in [-0.2, 0) is 85.5 Å². The molecule has 84 heavy (non-hydrogen) atoms. The highest BCUT2D eigenvalue weighted by molar-refractivity contribution is 5.92. The zero-order valence-corrected chi connectivity index (χ0v) is 46.2. The molecule has 23 nitrogen and oxygen atoms in total.